The number of alkyl halides is 3. The van der Waals surface area contributed by atoms with Crippen molar-refractivity contribution in [2.24, 2.45) is 10.7 Å². The van der Waals surface area contributed by atoms with E-state index < -0.39 is 34.3 Å². The lowest BCUT2D eigenvalue weighted by Gasteiger charge is -2.20. The van der Waals surface area contributed by atoms with Crippen LogP contribution in [0.1, 0.15) is 24.1 Å². The van der Waals surface area contributed by atoms with Gasteiger partial charge in [0, 0.05) is 22.9 Å². The molecule has 0 spiro atoms. The Labute approximate surface area is 220 Å². The number of carbonyl (C=O) groups is 2. The Morgan fingerprint density at radius 2 is 1.81 bits per heavy atom. The van der Waals surface area contributed by atoms with E-state index in [9.17, 15) is 19.1 Å². The molecular formula is C22H23Cl3FN3O7. The monoisotopic (exact) mass is 565 g/mol. The molecule has 0 fully saturated rings. The minimum absolute atomic E-state index is 0.0303. The number of aliphatic carboxylic acids is 1. The van der Waals surface area contributed by atoms with E-state index >= 15 is 0 Å². The molecule has 0 heterocycles. The zero-order chi connectivity index (χ0) is 26.9. The molecule has 0 aliphatic rings. The minimum Gasteiger partial charge on any atom is -0.490 e. The third kappa shape index (κ3) is 8.90. The summed E-state index contributed by atoms with van der Waals surface area (Å²) in [6.07, 6.45) is -1.07. The van der Waals surface area contributed by atoms with Crippen LogP contribution in [0.25, 0.3) is 0 Å². The molecule has 10 nitrogen and oxygen atoms in total. The molecule has 196 valence electrons. The summed E-state index contributed by atoms with van der Waals surface area (Å²) >= 11 is 16.5. The van der Waals surface area contributed by atoms with Gasteiger partial charge in [0.25, 0.3) is 0 Å². The predicted molar refractivity (Wildman–Crippen MR) is 133 cm³/mol. The van der Waals surface area contributed by atoms with E-state index in [0.29, 0.717) is 11.3 Å². The fourth-order valence-electron chi connectivity index (χ4n) is 2.82. The van der Waals surface area contributed by atoms with Gasteiger partial charge in [-0.15, -0.1) is 0 Å². The van der Waals surface area contributed by atoms with E-state index in [1.54, 1.807) is 6.92 Å². The minimum atomic E-state index is -1.80. The molecule has 2 rings (SSSR count). The van der Waals surface area contributed by atoms with Crippen LogP contribution in [0.3, 0.4) is 0 Å². The molecule has 14 heteroatoms. The van der Waals surface area contributed by atoms with E-state index in [1.807, 2.05) is 0 Å². The van der Waals surface area contributed by atoms with Crippen LogP contribution in [0.5, 0.6) is 11.5 Å². The van der Waals surface area contributed by atoms with Crippen LogP contribution < -0.4 is 20.5 Å². The lowest BCUT2D eigenvalue weighted by Crippen LogP contribution is -2.22. The largest absolute Gasteiger partial charge is 0.490 e. The van der Waals surface area contributed by atoms with Crippen molar-refractivity contribution in [3.8, 4) is 11.5 Å². The summed E-state index contributed by atoms with van der Waals surface area (Å²) in [5.41, 5.74) is 6.19. The number of carbonyl (C=O) groups excluding carboxylic acids is 1. The van der Waals surface area contributed by atoms with Crippen molar-refractivity contribution in [1.82, 2.24) is 0 Å². The van der Waals surface area contributed by atoms with Crippen molar-refractivity contribution in [2.45, 2.75) is 16.8 Å². The molecule has 1 atom stereocenters. The number of ether oxygens (including phenoxy) is 3. The maximum absolute atomic E-state index is 14.8. The van der Waals surface area contributed by atoms with Crippen LogP contribution in [0.2, 0.25) is 0 Å². The molecule has 5 N–H and O–H groups in total. The van der Waals surface area contributed by atoms with Gasteiger partial charge in [0.05, 0.1) is 13.2 Å². The molecule has 0 aliphatic carbocycles. The van der Waals surface area contributed by atoms with Crippen molar-refractivity contribution in [1.29, 1.82) is 0 Å². The number of aliphatic imine (C=N–C) groups is 1. The summed E-state index contributed by atoms with van der Waals surface area (Å²) < 4.78 is 28.4. The second-order valence-corrected chi connectivity index (χ2v) is 9.50. The average Bonchev–Trinajstić information content (AvgIpc) is 2.81. The molecule has 1 unspecified atom stereocenters. The zero-order valence-corrected chi connectivity index (χ0v) is 21.1. The Balaban J connectivity index is 2.23. The van der Waals surface area contributed by atoms with Crippen LogP contribution in [0, 0.1) is 5.82 Å². The summed E-state index contributed by atoms with van der Waals surface area (Å²) in [6.45, 7) is 0.998. The van der Waals surface area contributed by atoms with Crippen molar-refractivity contribution in [3.05, 3.63) is 53.3 Å². The second-order valence-electron chi connectivity index (χ2n) is 6.99. The van der Waals surface area contributed by atoms with Gasteiger partial charge in [-0.1, -0.05) is 34.8 Å². The topological polar surface area (TPSA) is 153 Å². The van der Waals surface area contributed by atoms with Gasteiger partial charge in [0.2, 0.25) is 3.79 Å². The smallest absolute Gasteiger partial charge is 0.435 e. The van der Waals surface area contributed by atoms with Crippen molar-refractivity contribution < 1.29 is 38.4 Å². The quantitative estimate of drug-likeness (QED) is 0.179. The molecule has 0 aliphatic heterocycles. The Morgan fingerprint density at radius 1 is 1.17 bits per heavy atom. The van der Waals surface area contributed by atoms with E-state index in [-0.39, 0.29) is 42.7 Å². The fraction of sp³-hybridized carbons (Fsp3) is 0.318. The van der Waals surface area contributed by atoms with Crippen LogP contribution in [-0.4, -0.2) is 58.3 Å². The van der Waals surface area contributed by atoms with Crippen LogP contribution in [0.4, 0.5) is 14.9 Å². The number of nitrogens with zero attached hydrogens (tertiary/aromatic N) is 1. The fourth-order valence-corrected chi connectivity index (χ4v) is 2.99. The standard InChI is InChI=1S/C22H23Cl3FN3O7/c1-2-34-16-9-14(15(26)10-17(16)35-8-7-30)18(20(31)32)28-13-5-3-12(4-6-13)19(27)29-21(33)36-11-22(23,24)25/h3-6,9-10,18,28,30H,2,7-8,11H2,1H3,(H,31,32)(H2,27,29,33). The molecule has 0 aromatic heterocycles. The molecule has 0 saturated heterocycles. The van der Waals surface area contributed by atoms with Gasteiger partial charge in [-0.3, -0.25) is 0 Å². The van der Waals surface area contributed by atoms with Gasteiger partial charge in [-0.25, -0.2) is 14.0 Å². The molecule has 0 bridgehead atoms. The highest BCUT2D eigenvalue weighted by atomic mass is 35.6. The van der Waals surface area contributed by atoms with Crippen molar-refractivity contribution in [2.75, 3.05) is 31.7 Å². The van der Waals surface area contributed by atoms with Crippen LogP contribution in [0.15, 0.2) is 41.4 Å². The summed E-state index contributed by atoms with van der Waals surface area (Å²) in [4.78, 5) is 27.2. The number of benzene rings is 2. The molecule has 36 heavy (non-hydrogen) atoms. The summed E-state index contributed by atoms with van der Waals surface area (Å²) in [6, 6.07) is 6.55. The number of aliphatic hydroxyl groups excluding tert-OH is 1. The highest BCUT2D eigenvalue weighted by Gasteiger charge is 2.26. The number of aliphatic hydroxyl groups is 1. The van der Waals surface area contributed by atoms with Gasteiger partial charge < -0.3 is 35.5 Å². The van der Waals surface area contributed by atoms with Gasteiger partial charge in [-0.2, -0.15) is 4.99 Å². The lowest BCUT2D eigenvalue weighted by molar-refractivity contribution is -0.138. The number of hydrogen-bond donors (Lipinski definition) is 4. The number of hydrogen-bond acceptors (Lipinski definition) is 7. The van der Waals surface area contributed by atoms with E-state index in [4.69, 9.17) is 55.1 Å². The predicted octanol–water partition coefficient (Wildman–Crippen LogP) is 4.05. The normalized spacial score (nSPS) is 12.6. The number of anilines is 1. The third-order valence-corrected chi connectivity index (χ3v) is 4.66. The maximum atomic E-state index is 14.8. The summed E-state index contributed by atoms with van der Waals surface area (Å²) in [5.74, 6) is -2.26. The van der Waals surface area contributed by atoms with Gasteiger partial charge >= 0.3 is 12.1 Å². The average molecular weight is 567 g/mol. The Hall–Kier alpha value is -2.99. The number of rotatable bonds is 11. The molecule has 1 amide bonds. The maximum Gasteiger partial charge on any atom is 0.435 e. The van der Waals surface area contributed by atoms with E-state index in [0.717, 1.165) is 6.07 Å². The summed E-state index contributed by atoms with van der Waals surface area (Å²) in [7, 11) is 0. The Bertz CT molecular complexity index is 1100. The SMILES string of the molecule is CCOc1cc(C(Nc2ccc(C(N)=NC(=O)OCC(Cl)(Cl)Cl)cc2)C(=O)O)c(F)cc1OCCO. The molecule has 2 aromatic rings. The number of carboxylic acid groups (broad SMARTS) is 1. The van der Waals surface area contributed by atoms with E-state index in [2.05, 4.69) is 15.0 Å². The first-order valence-corrected chi connectivity index (χ1v) is 11.5. The molecule has 2 aromatic carbocycles. The Morgan fingerprint density at radius 3 is 2.36 bits per heavy atom. The van der Waals surface area contributed by atoms with Gasteiger partial charge in [0.1, 0.15) is 24.9 Å². The lowest BCUT2D eigenvalue weighted by atomic mass is 10.0. The number of nitrogens with two attached hydrogens (primary N) is 1. The number of halogens is 4. The van der Waals surface area contributed by atoms with Gasteiger partial charge in [0.15, 0.2) is 17.5 Å². The molecular weight excluding hydrogens is 544 g/mol. The van der Waals surface area contributed by atoms with Gasteiger partial charge in [-0.05, 0) is 37.3 Å². The highest BCUT2D eigenvalue weighted by molar-refractivity contribution is 6.67. The number of amidine groups is 1. The number of carboxylic acids is 1. The van der Waals surface area contributed by atoms with Crippen LogP contribution in [-0.2, 0) is 9.53 Å². The third-order valence-electron chi connectivity index (χ3n) is 4.33. The van der Waals surface area contributed by atoms with Crippen molar-refractivity contribution >= 4 is 58.4 Å². The summed E-state index contributed by atoms with van der Waals surface area (Å²) in [5, 5.41) is 21.4. The molecule has 0 radical (unpaired) electrons. The second kappa shape index (κ2) is 13.4. The first-order chi connectivity index (χ1) is 16.9. The molecule has 0 saturated carbocycles. The first kappa shape index (κ1) is 29.2. The van der Waals surface area contributed by atoms with Crippen molar-refractivity contribution in [3.63, 3.8) is 0 Å². The Kier molecular flexibility index (Phi) is 10.8. The number of amides is 1. The first-order valence-electron chi connectivity index (χ1n) is 10.3. The highest BCUT2D eigenvalue weighted by Crippen LogP contribution is 2.34. The number of nitrogens with one attached hydrogen (secondary N) is 1. The van der Waals surface area contributed by atoms with E-state index in [1.165, 1.54) is 30.3 Å². The zero-order valence-electron chi connectivity index (χ0n) is 18.8. The van der Waals surface area contributed by atoms with Crippen LogP contribution >= 0.6 is 34.8 Å².